The summed E-state index contributed by atoms with van der Waals surface area (Å²) in [5.41, 5.74) is 7.70. The lowest BCUT2D eigenvalue weighted by Crippen LogP contribution is -2.58. The van der Waals surface area contributed by atoms with Crippen molar-refractivity contribution in [1.29, 1.82) is 0 Å². The standard InChI is InChI=1S/C21H26F4N4O3/c1-31-9-15(29-11-21(24,25)10-27-19(29)30)13-2-3-16-14(8-13)28-18(32-16)17(26)12-4-6-20(22,23)7-5-12/h2-3,8,12,15,17H,4-7,9-11,26H2,1H3,(H,27,30)/t15-,17+/m1/s1. The smallest absolute Gasteiger partial charge is 0.318 e. The van der Waals surface area contributed by atoms with E-state index in [1.807, 2.05) is 0 Å². The maximum Gasteiger partial charge on any atom is 0.318 e. The van der Waals surface area contributed by atoms with Gasteiger partial charge in [0.1, 0.15) is 5.52 Å². The first kappa shape index (κ1) is 22.8. The molecule has 2 aliphatic rings. The SMILES string of the molecule is COC[C@H](c1ccc2oc([C@@H](N)C3CCC(F)(F)CC3)nc2c1)N1CC(F)(F)CNC1=O. The van der Waals surface area contributed by atoms with Crippen molar-refractivity contribution in [1.82, 2.24) is 15.2 Å². The van der Waals surface area contributed by atoms with Gasteiger partial charge in [0.05, 0.1) is 31.8 Å². The molecule has 2 atom stereocenters. The predicted molar refractivity (Wildman–Crippen MR) is 108 cm³/mol. The van der Waals surface area contributed by atoms with Crippen molar-refractivity contribution in [3.8, 4) is 0 Å². The van der Waals surface area contributed by atoms with E-state index in [1.165, 1.54) is 7.11 Å². The molecule has 32 heavy (non-hydrogen) atoms. The first-order chi connectivity index (χ1) is 15.1. The van der Waals surface area contributed by atoms with Gasteiger partial charge in [0.15, 0.2) is 5.58 Å². The molecule has 1 aromatic carbocycles. The summed E-state index contributed by atoms with van der Waals surface area (Å²) in [4.78, 5) is 17.7. The molecule has 4 rings (SSSR count). The zero-order valence-electron chi connectivity index (χ0n) is 17.6. The Morgan fingerprint density at radius 3 is 2.69 bits per heavy atom. The number of rotatable bonds is 6. The molecule has 0 unspecified atom stereocenters. The normalized spacial score (nSPS) is 23.2. The van der Waals surface area contributed by atoms with Crippen molar-refractivity contribution in [2.75, 3.05) is 26.8 Å². The summed E-state index contributed by atoms with van der Waals surface area (Å²) < 4.78 is 65.7. The first-order valence-corrected chi connectivity index (χ1v) is 10.5. The molecule has 2 aromatic rings. The maximum atomic E-state index is 13.9. The van der Waals surface area contributed by atoms with Crippen LogP contribution in [0.1, 0.15) is 49.2 Å². The van der Waals surface area contributed by atoms with E-state index in [0.717, 1.165) is 4.90 Å². The molecule has 2 heterocycles. The number of urea groups is 1. The Morgan fingerprint density at radius 1 is 1.28 bits per heavy atom. The van der Waals surface area contributed by atoms with Gasteiger partial charge < -0.3 is 25.1 Å². The third kappa shape index (κ3) is 4.68. The maximum absolute atomic E-state index is 13.9. The van der Waals surface area contributed by atoms with Crippen molar-refractivity contribution >= 4 is 17.1 Å². The molecule has 2 fully saturated rings. The largest absolute Gasteiger partial charge is 0.439 e. The number of oxazole rings is 1. The van der Waals surface area contributed by atoms with Crippen molar-refractivity contribution < 1.29 is 31.5 Å². The summed E-state index contributed by atoms with van der Waals surface area (Å²) in [5, 5.41) is 2.21. The number of hydrogen-bond donors (Lipinski definition) is 2. The van der Waals surface area contributed by atoms with Gasteiger partial charge in [-0.15, -0.1) is 0 Å². The van der Waals surface area contributed by atoms with Gasteiger partial charge in [-0.3, -0.25) is 0 Å². The van der Waals surface area contributed by atoms with Crippen LogP contribution in [0.4, 0.5) is 22.4 Å². The number of carbonyl (C=O) groups is 1. The zero-order chi connectivity index (χ0) is 23.1. The topological polar surface area (TPSA) is 93.6 Å². The molecule has 176 valence electrons. The summed E-state index contributed by atoms with van der Waals surface area (Å²) in [6, 6.07) is 2.95. The van der Waals surface area contributed by atoms with Gasteiger partial charge in [0.25, 0.3) is 5.92 Å². The summed E-state index contributed by atoms with van der Waals surface area (Å²) >= 11 is 0. The van der Waals surface area contributed by atoms with Crippen molar-refractivity contribution in [3.63, 3.8) is 0 Å². The Hall–Kier alpha value is -2.40. The molecular formula is C21H26F4N4O3. The van der Waals surface area contributed by atoms with E-state index in [-0.39, 0.29) is 44.1 Å². The number of amides is 2. The van der Waals surface area contributed by atoms with Crippen LogP contribution in [0.3, 0.4) is 0 Å². The van der Waals surface area contributed by atoms with Crippen LogP contribution in [-0.4, -0.2) is 54.6 Å². The molecule has 7 nitrogen and oxygen atoms in total. The minimum atomic E-state index is -3.06. The Morgan fingerprint density at radius 2 is 2.00 bits per heavy atom. The van der Waals surface area contributed by atoms with Crippen LogP contribution in [0.2, 0.25) is 0 Å². The van der Waals surface area contributed by atoms with E-state index in [4.69, 9.17) is 14.9 Å². The monoisotopic (exact) mass is 458 g/mol. The van der Waals surface area contributed by atoms with Crippen molar-refractivity contribution in [2.45, 2.75) is 49.6 Å². The first-order valence-electron chi connectivity index (χ1n) is 10.5. The van der Waals surface area contributed by atoms with Gasteiger partial charge in [-0.1, -0.05) is 6.07 Å². The quantitative estimate of drug-likeness (QED) is 0.639. The van der Waals surface area contributed by atoms with Crippen LogP contribution in [0, 0.1) is 5.92 Å². The number of ether oxygens (including phenoxy) is 1. The number of carbonyl (C=O) groups excluding carboxylic acids is 1. The van der Waals surface area contributed by atoms with Gasteiger partial charge >= 0.3 is 6.03 Å². The average Bonchev–Trinajstić information content (AvgIpc) is 3.17. The van der Waals surface area contributed by atoms with Gasteiger partial charge in [-0.2, -0.15) is 0 Å². The van der Waals surface area contributed by atoms with E-state index in [0.29, 0.717) is 16.7 Å². The number of benzene rings is 1. The summed E-state index contributed by atoms with van der Waals surface area (Å²) in [6.45, 7) is -1.43. The number of nitrogens with zero attached hydrogens (tertiary/aromatic N) is 2. The summed E-state index contributed by atoms with van der Waals surface area (Å²) in [6.07, 6.45) is 0.145. The second kappa shape index (κ2) is 8.51. The highest BCUT2D eigenvalue weighted by atomic mass is 19.3. The second-order valence-electron chi connectivity index (χ2n) is 8.61. The fourth-order valence-electron chi connectivity index (χ4n) is 4.39. The number of nitrogens with one attached hydrogen (secondary N) is 1. The number of aromatic nitrogens is 1. The molecule has 2 amide bonds. The highest BCUT2D eigenvalue weighted by Crippen LogP contribution is 2.41. The third-order valence-corrected chi connectivity index (χ3v) is 6.23. The average molecular weight is 458 g/mol. The van der Waals surface area contributed by atoms with E-state index < -0.39 is 43.0 Å². The minimum absolute atomic E-state index is 0.00944. The molecule has 11 heteroatoms. The van der Waals surface area contributed by atoms with Crippen LogP contribution in [0.5, 0.6) is 0 Å². The Kier molecular flexibility index (Phi) is 6.06. The van der Waals surface area contributed by atoms with E-state index >= 15 is 0 Å². The van der Waals surface area contributed by atoms with Crippen LogP contribution in [0.15, 0.2) is 22.6 Å². The van der Waals surface area contributed by atoms with Crippen molar-refractivity contribution in [3.05, 3.63) is 29.7 Å². The molecule has 1 aromatic heterocycles. The van der Waals surface area contributed by atoms with Gasteiger partial charge in [0, 0.05) is 20.0 Å². The lowest BCUT2D eigenvalue weighted by molar-refractivity contribution is -0.0509. The van der Waals surface area contributed by atoms with Crippen LogP contribution in [-0.2, 0) is 4.74 Å². The fourth-order valence-corrected chi connectivity index (χ4v) is 4.39. The molecule has 1 saturated heterocycles. The molecule has 1 aliphatic heterocycles. The Labute approximate surface area is 182 Å². The lowest BCUT2D eigenvalue weighted by Gasteiger charge is -2.38. The third-order valence-electron chi connectivity index (χ3n) is 6.23. The Bertz CT molecular complexity index is 973. The number of alkyl halides is 4. The molecule has 0 spiro atoms. The van der Waals surface area contributed by atoms with Gasteiger partial charge in [-0.25, -0.2) is 27.3 Å². The fraction of sp³-hybridized carbons (Fsp3) is 0.619. The highest BCUT2D eigenvalue weighted by Gasteiger charge is 2.42. The Balaban J connectivity index is 1.58. The molecule has 0 radical (unpaired) electrons. The summed E-state index contributed by atoms with van der Waals surface area (Å²) in [5.74, 6) is -5.63. The highest BCUT2D eigenvalue weighted by molar-refractivity contribution is 5.77. The predicted octanol–water partition coefficient (Wildman–Crippen LogP) is 4.00. The van der Waals surface area contributed by atoms with Gasteiger partial charge in [0.2, 0.25) is 11.8 Å². The molecule has 3 N–H and O–H groups in total. The van der Waals surface area contributed by atoms with Crippen LogP contribution >= 0.6 is 0 Å². The van der Waals surface area contributed by atoms with E-state index in [1.54, 1.807) is 18.2 Å². The summed E-state index contributed by atoms with van der Waals surface area (Å²) in [7, 11) is 1.42. The van der Waals surface area contributed by atoms with Gasteiger partial charge in [-0.05, 0) is 36.5 Å². The second-order valence-corrected chi connectivity index (χ2v) is 8.61. The molecular weight excluding hydrogens is 432 g/mol. The minimum Gasteiger partial charge on any atom is -0.439 e. The molecule has 0 bridgehead atoms. The van der Waals surface area contributed by atoms with E-state index in [2.05, 4.69) is 10.3 Å². The number of nitrogens with two attached hydrogens (primary N) is 1. The zero-order valence-corrected chi connectivity index (χ0v) is 17.6. The molecule has 1 saturated carbocycles. The van der Waals surface area contributed by atoms with Crippen LogP contribution < -0.4 is 11.1 Å². The van der Waals surface area contributed by atoms with E-state index in [9.17, 15) is 22.4 Å². The van der Waals surface area contributed by atoms with Crippen LogP contribution in [0.25, 0.3) is 11.1 Å². The number of hydrogen-bond acceptors (Lipinski definition) is 5. The van der Waals surface area contributed by atoms with Crippen molar-refractivity contribution in [2.24, 2.45) is 11.7 Å². The number of methoxy groups -OCH3 is 1. The lowest BCUT2D eigenvalue weighted by atomic mass is 9.82. The number of fused-ring (bicyclic) bond motifs is 1. The number of halogens is 4. The molecule has 1 aliphatic carbocycles.